The quantitative estimate of drug-likeness (QED) is 0.435. The zero-order chi connectivity index (χ0) is 24.4. The Balaban J connectivity index is 1.26. The summed E-state index contributed by atoms with van der Waals surface area (Å²) >= 11 is 0. The fourth-order valence-corrected chi connectivity index (χ4v) is 3.77. The van der Waals surface area contributed by atoms with Gasteiger partial charge in [-0.3, -0.25) is 19.7 Å². The van der Waals surface area contributed by atoms with Gasteiger partial charge in [-0.1, -0.05) is 47.9 Å². The Kier molecular flexibility index (Phi) is 5.90. The van der Waals surface area contributed by atoms with Crippen LogP contribution >= 0.6 is 0 Å². The number of hydrogen-bond donors (Lipinski definition) is 1. The fraction of sp³-hybridized carbons (Fsp3) is 0.0769. The summed E-state index contributed by atoms with van der Waals surface area (Å²) in [7, 11) is 2.05. The second-order valence-corrected chi connectivity index (χ2v) is 8.00. The minimum absolute atomic E-state index is 0.0258. The van der Waals surface area contributed by atoms with Crippen LogP contribution in [0.3, 0.4) is 0 Å². The summed E-state index contributed by atoms with van der Waals surface area (Å²) < 4.78 is 38.4. The highest BCUT2D eigenvalue weighted by atomic mass is 19.4. The standard InChI is InChI=1S/C26H17BF3N4O/c28-26(29,30)23-12-21(8-9-31-23)34-24(35)13-20-7-6-17(14-32-20)19-10-18-11-22(27-25(18)33-15-19)16-4-2-1-3-5-16/h1-12,14-15H,13H2,(H,31,34,35). The first-order chi connectivity index (χ1) is 16.8. The molecule has 0 fully saturated rings. The van der Waals surface area contributed by atoms with Crippen molar-refractivity contribution in [3.05, 3.63) is 102 Å². The van der Waals surface area contributed by atoms with Crippen LogP contribution in [0.25, 0.3) is 22.7 Å². The molecule has 0 spiro atoms. The lowest BCUT2D eigenvalue weighted by Gasteiger charge is -2.09. The lowest BCUT2D eigenvalue weighted by Crippen LogP contribution is -2.17. The molecule has 171 valence electrons. The number of carbonyl (C=O) groups excluding carboxylic acids is 1. The average Bonchev–Trinajstić information content (AvgIpc) is 3.28. The third-order valence-corrected chi connectivity index (χ3v) is 5.49. The fourth-order valence-electron chi connectivity index (χ4n) is 3.77. The molecule has 0 saturated heterocycles. The second-order valence-electron chi connectivity index (χ2n) is 8.00. The molecule has 0 bridgehead atoms. The van der Waals surface area contributed by atoms with Crippen LogP contribution < -0.4 is 10.9 Å². The van der Waals surface area contributed by atoms with E-state index in [-0.39, 0.29) is 12.1 Å². The molecular weight excluding hydrogens is 452 g/mol. The number of aromatic nitrogens is 3. The van der Waals surface area contributed by atoms with Crippen molar-refractivity contribution in [2.45, 2.75) is 12.6 Å². The van der Waals surface area contributed by atoms with Gasteiger partial charge in [-0.05, 0) is 35.4 Å². The Bertz CT molecular complexity index is 1420. The number of nitrogens with one attached hydrogen (secondary N) is 1. The second kappa shape index (κ2) is 9.17. The van der Waals surface area contributed by atoms with E-state index in [4.69, 9.17) is 0 Å². The van der Waals surface area contributed by atoms with Crippen LogP contribution in [-0.4, -0.2) is 28.1 Å². The van der Waals surface area contributed by atoms with Crippen LogP contribution in [0.15, 0.2) is 79.3 Å². The Morgan fingerprint density at radius 3 is 2.43 bits per heavy atom. The molecule has 0 aliphatic carbocycles. The summed E-state index contributed by atoms with van der Waals surface area (Å²) in [4.78, 5) is 24.5. The van der Waals surface area contributed by atoms with Gasteiger partial charge in [0.2, 0.25) is 13.2 Å². The number of carbonyl (C=O) groups is 1. The molecule has 1 N–H and O–H groups in total. The van der Waals surface area contributed by atoms with Gasteiger partial charge in [0, 0.05) is 46.7 Å². The molecule has 4 heterocycles. The normalized spacial score (nSPS) is 12.5. The summed E-state index contributed by atoms with van der Waals surface area (Å²) in [5, 5.41) is 2.46. The number of halogens is 3. The summed E-state index contributed by atoms with van der Waals surface area (Å²) in [5.41, 5.74) is 5.32. The van der Waals surface area contributed by atoms with Crippen molar-refractivity contribution in [2.75, 3.05) is 5.32 Å². The topological polar surface area (TPSA) is 67.8 Å². The molecular formula is C26H17BF3N4O. The molecule has 0 unspecified atom stereocenters. The molecule has 1 aliphatic heterocycles. The number of benzene rings is 1. The van der Waals surface area contributed by atoms with E-state index in [1.165, 1.54) is 6.07 Å². The van der Waals surface area contributed by atoms with E-state index in [1.54, 1.807) is 18.5 Å². The van der Waals surface area contributed by atoms with Crippen LogP contribution in [-0.2, 0) is 17.4 Å². The Morgan fingerprint density at radius 1 is 0.886 bits per heavy atom. The van der Waals surface area contributed by atoms with Crippen LogP contribution in [0, 0.1) is 0 Å². The van der Waals surface area contributed by atoms with Crippen molar-refractivity contribution in [3.8, 4) is 11.1 Å². The first-order valence-electron chi connectivity index (χ1n) is 10.8. The molecule has 1 aliphatic rings. The highest BCUT2D eigenvalue weighted by molar-refractivity contribution is 6.77. The van der Waals surface area contributed by atoms with Gasteiger partial charge in [0.1, 0.15) is 5.69 Å². The average molecular weight is 469 g/mol. The van der Waals surface area contributed by atoms with Crippen molar-refractivity contribution in [3.63, 3.8) is 0 Å². The number of pyridine rings is 3. The van der Waals surface area contributed by atoms with E-state index in [9.17, 15) is 18.0 Å². The lowest BCUT2D eigenvalue weighted by molar-refractivity contribution is -0.141. The minimum Gasteiger partial charge on any atom is -0.326 e. The van der Waals surface area contributed by atoms with E-state index < -0.39 is 17.8 Å². The molecule has 5 nitrogen and oxygen atoms in total. The Morgan fingerprint density at radius 2 is 1.69 bits per heavy atom. The number of fused-ring (bicyclic) bond motifs is 1. The summed E-state index contributed by atoms with van der Waals surface area (Å²) in [6, 6.07) is 17.8. The molecule has 9 heteroatoms. The maximum Gasteiger partial charge on any atom is 0.433 e. The first-order valence-corrected chi connectivity index (χ1v) is 10.8. The predicted molar refractivity (Wildman–Crippen MR) is 129 cm³/mol. The van der Waals surface area contributed by atoms with Crippen LogP contribution in [0.5, 0.6) is 0 Å². The van der Waals surface area contributed by atoms with E-state index in [0.29, 0.717) is 5.69 Å². The highest BCUT2D eigenvalue weighted by Gasteiger charge is 2.32. The molecule has 1 radical (unpaired) electrons. The van der Waals surface area contributed by atoms with Gasteiger partial charge in [0.15, 0.2) is 0 Å². The minimum atomic E-state index is -4.58. The third-order valence-electron chi connectivity index (χ3n) is 5.49. The van der Waals surface area contributed by atoms with E-state index >= 15 is 0 Å². The van der Waals surface area contributed by atoms with Crippen molar-refractivity contribution in [2.24, 2.45) is 0 Å². The molecule has 0 atom stereocenters. The predicted octanol–water partition coefficient (Wildman–Crippen LogP) is 4.58. The lowest BCUT2D eigenvalue weighted by atomic mass is 9.67. The maximum absolute atomic E-state index is 12.8. The third kappa shape index (κ3) is 5.14. The van der Waals surface area contributed by atoms with E-state index in [2.05, 4.69) is 45.8 Å². The summed E-state index contributed by atoms with van der Waals surface area (Å²) in [6.07, 6.45) is 1.87. The number of nitrogens with zero attached hydrogens (tertiary/aromatic N) is 3. The monoisotopic (exact) mass is 469 g/mol. The molecule has 35 heavy (non-hydrogen) atoms. The van der Waals surface area contributed by atoms with Gasteiger partial charge in [0.25, 0.3) is 0 Å². The number of alkyl halides is 3. The van der Waals surface area contributed by atoms with E-state index in [1.807, 2.05) is 30.3 Å². The van der Waals surface area contributed by atoms with Gasteiger partial charge < -0.3 is 5.32 Å². The van der Waals surface area contributed by atoms with Crippen LogP contribution in [0.1, 0.15) is 22.5 Å². The number of hydrogen-bond acceptors (Lipinski definition) is 4. The largest absolute Gasteiger partial charge is 0.433 e. The van der Waals surface area contributed by atoms with Crippen molar-refractivity contribution < 1.29 is 18.0 Å². The zero-order valence-electron chi connectivity index (χ0n) is 18.3. The molecule has 1 aromatic carbocycles. The van der Waals surface area contributed by atoms with Crippen molar-refractivity contribution >= 4 is 36.0 Å². The number of anilines is 1. The molecule has 3 aromatic heterocycles. The summed E-state index contributed by atoms with van der Waals surface area (Å²) in [6.45, 7) is 0. The van der Waals surface area contributed by atoms with Gasteiger partial charge in [-0.15, -0.1) is 0 Å². The Labute approximate surface area is 200 Å². The number of amides is 1. The molecule has 5 rings (SSSR count). The first kappa shape index (κ1) is 22.5. The zero-order valence-corrected chi connectivity index (χ0v) is 18.3. The molecule has 1 amide bonds. The van der Waals surface area contributed by atoms with Crippen LogP contribution in [0.4, 0.5) is 18.9 Å². The van der Waals surface area contributed by atoms with Crippen LogP contribution in [0.2, 0.25) is 0 Å². The van der Waals surface area contributed by atoms with Crippen molar-refractivity contribution in [1.82, 2.24) is 15.0 Å². The van der Waals surface area contributed by atoms with Gasteiger partial charge in [-0.2, -0.15) is 13.2 Å². The van der Waals surface area contributed by atoms with Gasteiger partial charge in [0.05, 0.1) is 6.42 Å². The highest BCUT2D eigenvalue weighted by Crippen LogP contribution is 2.29. The maximum atomic E-state index is 12.8. The Hall–Kier alpha value is -4.27. The SMILES string of the molecule is O=C(Cc1ccc(-c2cnc3c(c2)C=C(c2ccccc2)[B]3)cn1)Nc1ccnc(C(F)(F)F)c1. The van der Waals surface area contributed by atoms with Gasteiger partial charge in [-0.25, -0.2) is 0 Å². The van der Waals surface area contributed by atoms with Gasteiger partial charge >= 0.3 is 6.18 Å². The summed E-state index contributed by atoms with van der Waals surface area (Å²) in [5.74, 6) is -0.474. The van der Waals surface area contributed by atoms with Crippen molar-refractivity contribution in [1.29, 1.82) is 0 Å². The van der Waals surface area contributed by atoms with E-state index in [0.717, 1.165) is 45.6 Å². The molecule has 0 saturated carbocycles. The smallest absolute Gasteiger partial charge is 0.326 e. The number of rotatable bonds is 5. The molecule has 4 aromatic rings.